The second-order valence-electron chi connectivity index (χ2n) is 1.45. The Labute approximate surface area is 61.8 Å². The summed E-state index contributed by atoms with van der Waals surface area (Å²) in [6.07, 6.45) is 2.65. The number of aliphatic hydroxyl groups is 1. The van der Waals surface area contributed by atoms with Crippen molar-refractivity contribution in [1.29, 1.82) is 0 Å². The van der Waals surface area contributed by atoms with Gasteiger partial charge in [-0.15, -0.1) is 0 Å². The fourth-order valence-corrected chi connectivity index (χ4v) is 0.0680. The molecule has 0 aromatic heterocycles. The maximum Gasteiger partial charge on any atom is 0.102 e. The third-order valence-corrected chi connectivity index (χ3v) is 0.611. The molecule has 60 valence electrons. The number of rotatable bonds is 3. The standard InChI is InChI=1S/C4H6O.C3H9NO/c1-3-5-4-2;1-2-3(4)5/h3-4H,1-2H2;3,5H,2,4H2,1H3. The smallest absolute Gasteiger partial charge is 0.102 e. The molecule has 0 bridgehead atoms. The van der Waals surface area contributed by atoms with Gasteiger partial charge in [-0.05, 0) is 6.42 Å². The number of hydrogen-bond donors (Lipinski definition) is 2. The number of nitrogens with two attached hydrogens (primary N) is 1. The van der Waals surface area contributed by atoms with E-state index in [9.17, 15) is 0 Å². The van der Waals surface area contributed by atoms with Crippen molar-refractivity contribution in [3.05, 3.63) is 25.7 Å². The van der Waals surface area contributed by atoms with Crippen LogP contribution < -0.4 is 5.73 Å². The van der Waals surface area contributed by atoms with E-state index in [1.54, 1.807) is 0 Å². The van der Waals surface area contributed by atoms with Crippen LogP contribution in [0.1, 0.15) is 13.3 Å². The van der Waals surface area contributed by atoms with Crippen LogP contribution in [-0.4, -0.2) is 11.3 Å². The molecular weight excluding hydrogens is 130 g/mol. The molecule has 0 aliphatic heterocycles. The lowest BCUT2D eigenvalue weighted by molar-refractivity contribution is 0.178. The summed E-state index contributed by atoms with van der Waals surface area (Å²) in [5.74, 6) is 0. The van der Waals surface area contributed by atoms with Gasteiger partial charge >= 0.3 is 0 Å². The highest BCUT2D eigenvalue weighted by Crippen LogP contribution is 1.72. The molecule has 0 aromatic carbocycles. The van der Waals surface area contributed by atoms with E-state index in [-0.39, 0.29) is 0 Å². The molecule has 0 fully saturated rings. The van der Waals surface area contributed by atoms with Crippen molar-refractivity contribution in [3.63, 3.8) is 0 Å². The molecule has 0 amide bonds. The van der Waals surface area contributed by atoms with Crippen molar-refractivity contribution in [1.82, 2.24) is 0 Å². The Hall–Kier alpha value is -0.800. The van der Waals surface area contributed by atoms with E-state index in [4.69, 9.17) is 10.8 Å². The Morgan fingerprint density at radius 1 is 1.60 bits per heavy atom. The zero-order chi connectivity index (χ0) is 8.41. The van der Waals surface area contributed by atoms with Gasteiger partial charge in [-0.3, -0.25) is 0 Å². The van der Waals surface area contributed by atoms with E-state index in [1.165, 1.54) is 12.5 Å². The molecule has 0 saturated heterocycles. The van der Waals surface area contributed by atoms with Gasteiger partial charge in [0.1, 0.15) is 6.23 Å². The summed E-state index contributed by atoms with van der Waals surface area (Å²) in [7, 11) is 0. The van der Waals surface area contributed by atoms with Gasteiger partial charge in [-0.1, -0.05) is 20.1 Å². The summed E-state index contributed by atoms with van der Waals surface area (Å²) in [5.41, 5.74) is 4.85. The molecule has 3 nitrogen and oxygen atoms in total. The van der Waals surface area contributed by atoms with Crippen molar-refractivity contribution in [2.45, 2.75) is 19.6 Å². The summed E-state index contributed by atoms with van der Waals surface area (Å²) >= 11 is 0. The van der Waals surface area contributed by atoms with Crippen LogP contribution in [0, 0.1) is 0 Å². The van der Waals surface area contributed by atoms with Gasteiger partial charge in [0, 0.05) is 0 Å². The summed E-state index contributed by atoms with van der Waals surface area (Å²) in [6, 6.07) is 0. The van der Waals surface area contributed by atoms with Crippen LogP contribution in [0.15, 0.2) is 25.7 Å². The Morgan fingerprint density at radius 2 is 1.90 bits per heavy atom. The molecular formula is C7H15NO2. The second-order valence-corrected chi connectivity index (χ2v) is 1.45. The highest BCUT2D eigenvalue weighted by atomic mass is 16.5. The van der Waals surface area contributed by atoms with Crippen LogP contribution in [0.25, 0.3) is 0 Å². The Morgan fingerprint density at radius 3 is 1.90 bits per heavy atom. The van der Waals surface area contributed by atoms with Crippen LogP contribution >= 0.6 is 0 Å². The fraction of sp³-hybridized carbons (Fsp3) is 0.429. The lowest BCUT2D eigenvalue weighted by Gasteiger charge is -1.91. The van der Waals surface area contributed by atoms with E-state index in [0.29, 0.717) is 6.42 Å². The maximum absolute atomic E-state index is 8.14. The molecule has 0 heterocycles. The Bertz CT molecular complexity index is 75.7. The van der Waals surface area contributed by atoms with Crippen LogP contribution in [0.3, 0.4) is 0 Å². The highest BCUT2D eigenvalue weighted by molar-refractivity contribution is 4.57. The molecule has 0 aliphatic carbocycles. The zero-order valence-corrected chi connectivity index (χ0v) is 6.29. The van der Waals surface area contributed by atoms with Gasteiger partial charge in [0.05, 0.1) is 12.5 Å². The summed E-state index contributed by atoms with van der Waals surface area (Å²) in [5, 5.41) is 8.14. The van der Waals surface area contributed by atoms with E-state index in [2.05, 4.69) is 17.9 Å². The Balaban J connectivity index is 0. The van der Waals surface area contributed by atoms with E-state index < -0.39 is 6.23 Å². The first-order chi connectivity index (χ1) is 4.68. The predicted molar refractivity (Wildman–Crippen MR) is 42.0 cm³/mol. The summed E-state index contributed by atoms with van der Waals surface area (Å²) in [6.45, 7) is 8.34. The quantitative estimate of drug-likeness (QED) is 0.459. The van der Waals surface area contributed by atoms with Crippen LogP contribution in [-0.2, 0) is 4.74 Å². The normalized spacial score (nSPS) is 10.3. The number of hydrogen-bond acceptors (Lipinski definition) is 3. The average molecular weight is 145 g/mol. The minimum atomic E-state index is -0.616. The van der Waals surface area contributed by atoms with Crippen molar-refractivity contribution in [3.8, 4) is 0 Å². The molecule has 1 unspecified atom stereocenters. The van der Waals surface area contributed by atoms with Gasteiger partial charge in [-0.2, -0.15) is 0 Å². The van der Waals surface area contributed by atoms with Gasteiger partial charge < -0.3 is 15.6 Å². The predicted octanol–water partition coefficient (Wildman–Crippen LogP) is 0.964. The maximum atomic E-state index is 8.14. The molecule has 1 atom stereocenters. The molecule has 10 heavy (non-hydrogen) atoms. The number of ether oxygens (including phenoxy) is 1. The third kappa shape index (κ3) is 27.0. The zero-order valence-electron chi connectivity index (χ0n) is 6.29. The molecule has 0 spiro atoms. The van der Waals surface area contributed by atoms with Crippen molar-refractivity contribution in [2.75, 3.05) is 0 Å². The van der Waals surface area contributed by atoms with Gasteiger partial charge in [0.15, 0.2) is 0 Å². The minimum absolute atomic E-state index is 0.616. The second kappa shape index (κ2) is 11.1. The average Bonchev–Trinajstić information content (AvgIpc) is 1.91. The molecule has 0 aliphatic rings. The van der Waals surface area contributed by atoms with Crippen LogP contribution in [0.2, 0.25) is 0 Å². The Kier molecular flexibility index (Phi) is 13.2. The lowest BCUT2D eigenvalue weighted by atomic mass is 10.5. The topological polar surface area (TPSA) is 55.5 Å². The highest BCUT2D eigenvalue weighted by Gasteiger charge is 1.81. The van der Waals surface area contributed by atoms with Gasteiger partial charge in [0.2, 0.25) is 0 Å². The third-order valence-electron chi connectivity index (χ3n) is 0.611. The van der Waals surface area contributed by atoms with E-state index in [1.807, 2.05) is 6.92 Å². The lowest BCUT2D eigenvalue weighted by Crippen LogP contribution is -2.16. The first-order valence-electron chi connectivity index (χ1n) is 2.99. The fourth-order valence-electron chi connectivity index (χ4n) is 0.0680. The molecule has 0 rings (SSSR count). The minimum Gasteiger partial charge on any atom is -0.474 e. The molecule has 0 radical (unpaired) electrons. The van der Waals surface area contributed by atoms with Crippen molar-refractivity contribution < 1.29 is 9.84 Å². The van der Waals surface area contributed by atoms with Crippen molar-refractivity contribution >= 4 is 0 Å². The van der Waals surface area contributed by atoms with E-state index in [0.717, 1.165) is 0 Å². The number of aliphatic hydroxyl groups excluding tert-OH is 1. The monoisotopic (exact) mass is 145 g/mol. The van der Waals surface area contributed by atoms with Crippen molar-refractivity contribution in [2.24, 2.45) is 5.73 Å². The molecule has 3 heteroatoms. The largest absolute Gasteiger partial charge is 0.474 e. The first-order valence-corrected chi connectivity index (χ1v) is 2.99. The van der Waals surface area contributed by atoms with Gasteiger partial charge in [0.25, 0.3) is 0 Å². The van der Waals surface area contributed by atoms with E-state index >= 15 is 0 Å². The van der Waals surface area contributed by atoms with Crippen LogP contribution in [0.5, 0.6) is 0 Å². The van der Waals surface area contributed by atoms with Crippen LogP contribution in [0.4, 0.5) is 0 Å². The SMILES string of the molecule is C=COC=C.CCC(N)O. The molecule has 3 N–H and O–H groups in total. The molecule has 0 saturated carbocycles. The molecule has 0 aromatic rings. The van der Waals surface area contributed by atoms with Gasteiger partial charge in [-0.25, -0.2) is 0 Å². The first kappa shape index (κ1) is 11.9. The summed E-state index contributed by atoms with van der Waals surface area (Å²) < 4.78 is 4.36. The summed E-state index contributed by atoms with van der Waals surface area (Å²) in [4.78, 5) is 0.